The van der Waals surface area contributed by atoms with E-state index >= 15 is 0 Å². The van der Waals surface area contributed by atoms with Gasteiger partial charge in [-0.3, -0.25) is 0 Å². The maximum absolute atomic E-state index is 12.2. The number of nitrogens with two attached hydrogens (primary N) is 1. The van der Waals surface area contributed by atoms with Crippen LogP contribution < -0.4 is 19.9 Å². The summed E-state index contributed by atoms with van der Waals surface area (Å²) >= 11 is 0. The number of nitrogens with zero attached hydrogens (tertiary/aromatic N) is 1. The molecule has 3 aromatic carbocycles. The van der Waals surface area contributed by atoms with Crippen molar-refractivity contribution in [2.45, 2.75) is 5.92 Å². The standard InChI is InChI=1S/C26H20N2O4/c1-30-19-10-8-18(9-11-19)25-21-13-12-20(15-23(21)32-26(28)22(25)16-27)31-24(29)14-7-17-5-3-2-4-6-17/h2-15,25H,28H2,1H3/b14-7+. The van der Waals surface area contributed by atoms with Crippen molar-refractivity contribution in [1.29, 1.82) is 5.26 Å². The highest BCUT2D eigenvalue weighted by molar-refractivity contribution is 5.88. The number of benzene rings is 3. The summed E-state index contributed by atoms with van der Waals surface area (Å²) < 4.78 is 16.3. The molecule has 4 rings (SSSR count). The molecule has 0 saturated carbocycles. The van der Waals surface area contributed by atoms with E-state index in [0.717, 1.165) is 16.7 Å². The SMILES string of the molecule is COc1ccc(C2C(C#N)=C(N)Oc3cc(OC(=O)/C=C/c4ccccc4)ccc32)cc1. The molecule has 0 radical (unpaired) electrons. The minimum atomic E-state index is -0.516. The van der Waals surface area contributed by atoms with Gasteiger partial charge in [-0.15, -0.1) is 0 Å². The van der Waals surface area contributed by atoms with Crippen LogP contribution in [0.25, 0.3) is 6.08 Å². The van der Waals surface area contributed by atoms with Crippen molar-refractivity contribution in [3.05, 3.63) is 107 Å². The van der Waals surface area contributed by atoms with E-state index in [2.05, 4.69) is 6.07 Å². The number of allylic oxidation sites excluding steroid dienone is 1. The van der Waals surface area contributed by atoms with Crippen molar-refractivity contribution < 1.29 is 19.0 Å². The summed E-state index contributed by atoms with van der Waals surface area (Å²) in [4.78, 5) is 12.2. The highest BCUT2D eigenvalue weighted by atomic mass is 16.5. The van der Waals surface area contributed by atoms with Crippen LogP contribution in [0, 0.1) is 11.3 Å². The molecule has 1 aliphatic heterocycles. The van der Waals surface area contributed by atoms with E-state index < -0.39 is 11.9 Å². The second kappa shape index (κ2) is 9.11. The average Bonchev–Trinajstić information content (AvgIpc) is 2.82. The summed E-state index contributed by atoms with van der Waals surface area (Å²) in [6.45, 7) is 0. The lowest BCUT2D eigenvalue weighted by Gasteiger charge is -2.26. The van der Waals surface area contributed by atoms with Crippen molar-refractivity contribution in [2.75, 3.05) is 7.11 Å². The van der Waals surface area contributed by atoms with Crippen LogP contribution >= 0.6 is 0 Å². The van der Waals surface area contributed by atoms with E-state index in [1.54, 1.807) is 31.4 Å². The summed E-state index contributed by atoms with van der Waals surface area (Å²) in [6, 6.07) is 24.1. The zero-order valence-electron chi connectivity index (χ0n) is 17.3. The maximum Gasteiger partial charge on any atom is 0.336 e. The molecule has 1 unspecified atom stereocenters. The second-order valence-electron chi connectivity index (χ2n) is 7.06. The molecule has 2 N–H and O–H groups in total. The first-order chi connectivity index (χ1) is 15.6. The number of nitriles is 1. The molecule has 0 aromatic heterocycles. The van der Waals surface area contributed by atoms with Crippen LogP contribution in [-0.4, -0.2) is 13.1 Å². The van der Waals surface area contributed by atoms with Gasteiger partial charge in [-0.25, -0.2) is 4.79 Å². The number of rotatable bonds is 5. The highest BCUT2D eigenvalue weighted by Gasteiger charge is 2.31. The minimum absolute atomic E-state index is 0.0215. The summed E-state index contributed by atoms with van der Waals surface area (Å²) in [7, 11) is 1.59. The number of carbonyl (C=O) groups is 1. The summed E-state index contributed by atoms with van der Waals surface area (Å²) in [6.07, 6.45) is 3.04. The monoisotopic (exact) mass is 424 g/mol. The first kappa shape index (κ1) is 20.8. The topological polar surface area (TPSA) is 94.6 Å². The second-order valence-corrected chi connectivity index (χ2v) is 7.06. The molecule has 6 nitrogen and oxygen atoms in total. The van der Waals surface area contributed by atoms with Gasteiger partial charge in [-0.05, 0) is 35.4 Å². The van der Waals surface area contributed by atoms with Gasteiger partial charge < -0.3 is 19.9 Å². The molecule has 158 valence electrons. The number of methoxy groups -OCH3 is 1. The van der Waals surface area contributed by atoms with E-state index in [-0.39, 0.29) is 5.88 Å². The Morgan fingerprint density at radius 3 is 2.47 bits per heavy atom. The van der Waals surface area contributed by atoms with Crippen LogP contribution in [0.1, 0.15) is 22.6 Å². The predicted octanol–water partition coefficient (Wildman–Crippen LogP) is 4.53. The number of hydrogen-bond acceptors (Lipinski definition) is 6. The van der Waals surface area contributed by atoms with Gasteiger partial charge in [-0.2, -0.15) is 5.26 Å². The normalized spacial score (nSPS) is 14.9. The molecule has 1 aliphatic rings. The van der Waals surface area contributed by atoms with Crippen molar-refractivity contribution in [2.24, 2.45) is 5.73 Å². The Kier molecular flexibility index (Phi) is 5.91. The molecule has 0 fully saturated rings. The third-order valence-corrected chi connectivity index (χ3v) is 5.07. The highest BCUT2D eigenvalue weighted by Crippen LogP contribution is 2.43. The molecule has 1 heterocycles. The molecular weight excluding hydrogens is 404 g/mol. The van der Waals surface area contributed by atoms with E-state index in [4.69, 9.17) is 19.9 Å². The van der Waals surface area contributed by atoms with Crippen molar-refractivity contribution in [3.63, 3.8) is 0 Å². The average molecular weight is 424 g/mol. The Bertz CT molecular complexity index is 1240. The Balaban J connectivity index is 1.60. The predicted molar refractivity (Wildman–Crippen MR) is 120 cm³/mol. The van der Waals surface area contributed by atoms with Gasteiger partial charge in [0, 0.05) is 17.7 Å². The maximum atomic E-state index is 12.2. The molecule has 0 aliphatic carbocycles. The van der Waals surface area contributed by atoms with Gasteiger partial charge in [0.25, 0.3) is 0 Å². The van der Waals surface area contributed by atoms with E-state index in [9.17, 15) is 10.1 Å². The molecule has 0 bridgehead atoms. The molecule has 0 saturated heterocycles. The molecule has 1 atom stereocenters. The van der Waals surface area contributed by atoms with Crippen LogP contribution in [0.2, 0.25) is 0 Å². The fourth-order valence-corrected chi connectivity index (χ4v) is 3.52. The molecule has 6 heteroatoms. The zero-order valence-corrected chi connectivity index (χ0v) is 17.3. The van der Waals surface area contributed by atoms with E-state index in [0.29, 0.717) is 22.8 Å². The summed E-state index contributed by atoms with van der Waals surface area (Å²) in [5.74, 6) is 0.554. The molecule has 3 aromatic rings. The smallest absolute Gasteiger partial charge is 0.336 e. The van der Waals surface area contributed by atoms with Gasteiger partial charge in [0.15, 0.2) is 0 Å². The Morgan fingerprint density at radius 1 is 1.06 bits per heavy atom. The lowest BCUT2D eigenvalue weighted by Crippen LogP contribution is -2.21. The Hall–Kier alpha value is -4.50. The molecule has 0 spiro atoms. The van der Waals surface area contributed by atoms with Crippen LogP contribution in [0.5, 0.6) is 17.2 Å². The van der Waals surface area contributed by atoms with Crippen molar-refractivity contribution in [1.82, 2.24) is 0 Å². The Labute approximate surface area is 185 Å². The number of hydrogen-bond donors (Lipinski definition) is 1. The van der Waals surface area contributed by atoms with Gasteiger partial charge in [0.1, 0.15) is 28.9 Å². The quantitative estimate of drug-likeness (QED) is 0.367. The lowest BCUT2D eigenvalue weighted by molar-refractivity contribution is -0.128. The van der Waals surface area contributed by atoms with E-state index in [1.165, 1.54) is 6.08 Å². The number of esters is 1. The number of fused-ring (bicyclic) bond motifs is 1. The zero-order chi connectivity index (χ0) is 22.5. The third kappa shape index (κ3) is 4.32. The van der Waals surface area contributed by atoms with Gasteiger partial charge in [0.05, 0.1) is 13.0 Å². The summed E-state index contributed by atoms with van der Waals surface area (Å²) in [5, 5.41) is 9.68. The van der Waals surface area contributed by atoms with Crippen LogP contribution in [0.15, 0.2) is 90.3 Å². The lowest BCUT2D eigenvalue weighted by atomic mass is 9.83. The Morgan fingerprint density at radius 2 is 1.78 bits per heavy atom. The fourth-order valence-electron chi connectivity index (χ4n) is 3.52. The van der Waals surface area contributed by atoms with Crippen LogP contribution in [-0.2, 0) is 4.79 Å². The molecule has 32 heavy (non-hydrogen) atoms. The number of carbonyl (C=O) groups excluding carboxylic acids is 1. The largest absolute Gasteiger partial charge is 0.497 e. The van der Waals surface area contributed by atoms with Gasteiger partial charge >= 0.3 is 5.97 Å². The fraction of sp³-hybridized carbons (Fsp3) is 0.0769. The van der Waals surface area contributed by atoms with Crippen LogP contribution in [0.4, 0.5) is 0 Å². The van der Waals surface area contributed by atoms with Crippen molar-refractivity contribution in [3.8, 4) is 23.3 Å². The van der Waals surface area contributed by atoms with Crippen molar-refractivity contribution >= 4 is 12.0 Å². The molecule has 0 amide bonds. The number of ether oxygens (including phenoxy) is 3. The van der Waals surface area contributed by atoms with Gasteiger partial charge in [0.2, 0.25) is 5.88 Å². The van der Waals surface area contributed by atoms with Gasteiger partial charge in [-0.1, -0.05) is 48.5 Å². The van der Waals surface area contributed by atoms with Crippen LogP contribution in [0.3, 0.4) is 0 Å². The first-order valence-electron chi connectivity index (χ1n) is 9.89. The van der Waals surface area contributed by atoms with E-state index in [1.807, 2.05) is 54.6 Å². The summed E-state index contributed by atoms with van der Waals surface area (Å²) in [5.41, 5.74) is 8.87. The molecular formula is C26H20N2O4. The minimum Gasteiger partial charge on any atom is -0.497 e. The first-order valence-corrected chi connectivity index (χ1v) is 9.89. The third-order valence-electron chi connectivity index (χ3n) is 5.07.